The predicted octanol–water partition coefficient (Wildman–Crippen LogP) is 1.33. The quantitative estimate of drug-likeness (QED) is 0.344. The van der Waals surface area contributed by atoms with Gasteiger partial charge in [-0.2, -0.15) is 0 Å². The lowest BCUT2D eigenvalue weighted by Crippen LogP contribution is -2.77. The summed E-state index contributed by atoms with van der Waals surface area (Å²) in [5.74, 6) is -1.19. The number of para-hydroxylation sites is 2. The highest BCUT2D eigenvalue weighted by molar-refractivity contribution is 8.78. The number of benzene rings is 2. The van der Waals surface area contributed by atoms with E-state index in [1.807, 2.05) is 48.5 Å². The molecule has 1 unspecified atom stereocenters. The number of hydrogen-bond acceptors (Lipinski definition) is 12. The van der Waals surface area contributed by atoms with E-state index < -0.39 is 55.9 Å². The SMILES string of the molecule is CN1C(=O)[C@@]23C[C@]4([C@]56C[C@@]78SS[C@@](CO)(C(=O)N7[C@H]5Nc5ccccc56)N(C)C8=O)c5ccccc5N[C@@H]4N2C(=O)C1(CO)SS3. The van der Waals surface area contributed by atoms with Crippen LogP contribution in [-0.4, -0.2) is 113 Å². The first-order valence-electron chi connectivity index (χ1n) is 15.0. The van der Waals surface area contributed by atoms with Gasteiger partial charge in [0.15, 0.2) is 9.74 Å². The first-order chi connectivity index (χ1) is 22.1. The molecule has 2 aromatic carbocycles. The van der Waals surface area contributed by atoms with E-state index in [0.717, 1.165) is 22.5 Å². The molecule has 0 aliphatic carbocycles. The molecule has 12 rings (SSSR count). The number of anilines is 2. The number of hydrogen-bond donors (Lipinski definition) is 4. The van der Waals surface area contributed by atoms with Crippen LogP contribution in [0.4, 0.5) is 11.4 Å². The molecule has 4 amide bonds. The van der Waals surface area contributed by atoms with Gasteiger partial charge in [0, 0.05) is 38.3 Å². The number of aliphatic hydroxyl groups excluding tert-OH is 2. The molecule has 2 aromatic rings. The molecule has 10 heterocycles. The van der Waals surface area contributed by atoms with E-state index in [-0.39, 0.29) is 36.5 Å². The van der Waals surface area contributed by atoms with Gasteiger partial charge in [-0.05, 0) is 44.8 Å². The molecule has 0 aromatic heterocycles. The molecular weight excluding hydrogens is 669 g/mol. The van der Waals surface area contributed by atoms with Gasteiger partial charge in [0.2, 0.25) is 9.74 Å². The predicted molar refractivity (Wildman–Crippen MR) is 175 cm³/mol. The van der Waals surface area contributed by atoms with Gasteiger partial charge in [-0.15, -0.1) is 0 Å². The Balaban J connectivity index is 1.29. The van der Waals surface area contributed by atoms with Gasteiger partial charge in [0.1, 0.15) is 12.3 Å². The second-order valence-corrected chi connectivity index (χ2v) is 18.7. The third-order valence-corrected chi connectivity index (χ3v) is 19.3. The maximum atomic E-state index is 14.7. The van der Waals surface area contributed by atoms with Crippen LogP contribution in [0.2, 0.25) is 0 Å². The summed E-state index contributed by atoms with van der Waals surface area (Å²) in [5.41, 5.74) is 1.45. The van der Waals surface area contributed by atoms with E-state index >= 15 is 0 Å². The van der Waals surface area contributed by atoms with Crippen molar-refractivity contribution in [2.75, 3.05) is 37.9 Å². The Morgan fingerprint density at radius 1 is 0.652 bits per heavy atom. The number of carbonyl (C=O) groups is 4. The average molecular weight is 697 g/mol. The molecule has 10 aliphatic heterocycles. The van der Waals surface area contributed by atoms with Crippen molar-refractivity contribution in [3.63, 3.8) is 0 Å². The summed E-state index contributed by atoms with van der Waals surface area (Å²) in [6.07, 6.45) is -1.01. The van der Waals surface area contributed by atoms with Crippen LogP contribution in [-0.2, 0) is 30.0 Å². The van der Waals surface area contributed by atoms with Crippen molar-refractivity contribution < 1.29 is 29.4 Å². The van der Waals surface area contributed by atoms with Gasteiger partial charge in [0.25, 0.3) is 23.6 Å². The van der Waals surface area contributed by atoms with Crippen LogP contribution >= 0.6 is 43.2 Å². The number of amides is 4. The fourth-order valence-electron chi connectivity index (χ4n) is 9.92. The van der Waals surface area contributed by atoms with Crippen molar-refractivity contribution >= 4 is 78.2 Å². The lowest BCUT2D eigenvalue weighted by molar-refractivity contribution is -0.166. The number of carbonyl (C=O) groups excluding carboxylic acids is 4. The van der Waals surface area contributed by atoms with E-state index in [9.17, 15) is 29.4 Å². The Bertz CT molecular complexity index is 1740. The van der Waals surface area contributed by atoms with Gasteiger partial charge in [-0.25, -0.2) is 0 Å². The van der Waals surface area contributed by atoms with Crippen LogP contribution in [0.5, 0.6) is 0 Å². The van der Waals surface area contributed by atoms with E-state index in [1.54, 1.807) is 23.9 Å². The van der Waals surface area contributed by atoms with Crippen molar-refractivity contribution in [3.05, 3.63) is 59.7 Å². The Hall–Kier alpha value is -2.76. The maximum absolute atomic E-state index is 14.7. The maximum Gasteiger partial charge on any atom is 0.265 e. The summed E-state index contributed by atoms with van der Waals surface area (Å²) in [7, 11) is 8.28. The van der Waals surface area contributed by atoms with Gasteiger partial charge in [-0.1, -0.05) is 58.0 Å². The van der Waals surface area contributed by atoms with E-state index in [0.29, 0.717) is 0 Å². The standard InChI is InChI=1S/C30H28N6O6S4/c1-33-21(39)27-11-25(15-7-3-5-9-17(15)31-19(25)35(27)23(41)29(33,13-37)45-43-27)26-12-28-22(40)34(2)30(14-38,46-44-28)24(42)36(28)20(26)32-18-10-6-4-8-16(18)26/h3-10,19-20,31-32,37-38H,11-14H2,1-2H3/t19-,20-,25+,26+,27+,28+,29+,30?/m1/s1. The van der Waals surface area contributed by atoms with Crippen LogP contribution in [0.1, 0.15) is 24.0 Å². The van der Waals surface area contributed by atoms with E-state index in [4.69, 9.17) is 0 Å². The average Bonchev–Trinajstić information content (AvgIpc) is 3.75. The van der Waals surface area contributed by atoms with Crippen LogP contribution in [0, 0.1) is 0 Å². The minimum absolute atomic E-state index is 0.223. The highest BCUT2D eigenvalue weighted by Gasteiger charge is 2.87. The fourth-order valence-corrected chi connectivity index (χ4v) is 17.2. The fraction of sp³-hybridized carbons (Fsp3) is 0.467. The molecule has 4 bridgehead atoms. The summed E-state index contributed by atoms with van der Waals surface area (Å²) < 4.78 is 0. The Morgan fingerprint density at radius 3 is 1.43 bits per heavy atom. The largest absolute Gasteiger partial charge is 0.392 e. The summed E-state index contributed by atoms with van der Waals surface area (Å²) in [5, 5.41) is 28.6. The number of fused-ring (bicyclic) bond motifs is 11. The minimum Gasteiger partial charge on any atom is -0.392 e. The summed E-state index contributed by atoms with van der Waals surface area (Å²) in [6.45, 7) is -1.07. The molecular formula is C30H28N6O6S4. The van der Waals surface area contributed by atoms with Crippen molar-refractivity contribution in [2.24, 2.45) is 0 Å². The van der Waals surface area contributed by atoms with Crippen molar-refractivity contribution in [1.82, 2.24) is 19.6 Å². The van der Waals surface area contributed by atoms with Crippen LogP contribution in [0.3, 0.4) is 0 Å². The zero-order chi connectivity index (χ0) is 31.8. The van der Waals surface area contributed by atoms with E-state index in [2.05, 4.69) is 10.6 Å². The molecule has 0 saturated carbocycles. The van der Waals surface area contributed by atoms with Crippen LogP contribution in [0.15, 0.2) is 48.5 Å². The summed E-state index contributed by atoms with van der Waals surface area (Å²) in [6, 6.07) is 15.8. The van der Waals surface area contributed by atoms with Gasteiger partial charge in [0.05, 0.1) is 24.0 Å². The Labute approximate surface area is 279 Å². The number of nitrogens with zero attached hydrogens (tertiary/aromatic N) is 4. The van der Waals surface area contributed by atoms with Crippen LogP contribution in [0.25, 0.3) is 0 Å². The Kier molecular flexibility index (Phi) is 5.08. The molecule has 46 heavy (non-hydrogen) atoms. The van der Waals surface area contributed by atoms with Gasteiger partial charge in [-0.3, -0.25) is 29.0 Å². The molecule has 0 radical (unpaired) electrons. The molecule has 238 valence electrons. The lowest BCUT2D eigenvalue weighted by atomic mass is 9.54. The summed E-state index contributed by atoms with van der Waals surface area (Å²) in [4.78, 5) is 59.0. The van der Waals surface area contributed by atoms with E-state index in [1.165, 1.54) is 53.0 Å². The molecule has 4 N–H and O–H groups in total. The van der Waals surface area contributed by atoms with Crippen molar-refractivity contribution in [2.45, 2.75) is 55.5 Å². The minimum atomic E-state index is -1.47. The monoisotopic (exact) mass is 696 g/mol. The highest BCUT2D eigenvalue weighted by atomic mass is 33.1. The smallest absolute Gasteiger partial charge is 0.265 e. The topological polar surface area (TPSA) is 146 Å². The second-order valence-electron chi connectivity index (χ2n) is 13.3. The van der Waals surface area contributed by atoms with Crippen LogP contribution < -0.4 is 10.6 Å². The number of aliphatic hydroxyl groups is 2. The third kappa shape index (κ3) is 2.48. The molecule has 8 atom stereocenters. The highest BCUT2D eigenvalue weighted by Crippen LogP contribution is 2.78. The van der Waals surface area contributed by atoms with Gasteiger partial charge < -0.3 is 30.6 Å². The molecule has 8 fully saturated rings. The molecule has 10 aliphatic rings. The zero-order valence-corrected chi connectivity index (χ0v) is 27.8. The summed E-state index contributed by atoms with van der Waals surface area (Å²) >= 11 is 0. The molecule has 16 heteroatoms. The first kappa shape index (κ1) is 28.3. The normalized spacial score (nSPS) is 43.7. The molecule has 2 spiro atoms. The lowest BCUT2D eigenvalue weighted by Gasteiger charge is -2.57. The zero-order valence-electron chi connectivity index (χ0n) is 24.6. The van der Waals surface area contributed by atoms with Gasteiger partial charge >= 0.3 is 0 Å². The van der Waals surface area contributed by atoms with Crippen molar-refractivity contribution in [1.29, 1.82) is 0 Å². The Morgan fingerprint density at radius 2 is 1.04 bits per heavy atom. The first-order valence-corrected chi connectivity index (χ1v) is 19.3. The third-order valence-electron chi connectivity index (χ3n) is 12.0. The molecule has 12 nitrogen and oxygen atoms in total. The molecule has 8 saturated heterocycles. The second kappa shape index (κ2) is 8.26. The number of piperazine rings is 2. The number of rotatable bonds is 3. The van der Waals surface area contributed by atoms with Crippen molar-refractivity contribution in [3.8, 4) is 0 Å². The number of likely N-dealkylation sites (N-methyl/N-ethyl adjacent to an activating group) is 2. The number of nitrogens with one attached hydrogen (secondary N) is 2.